The molecule has 0 aliphatic carbocycles. The van der Waals surface area contributed by atoms with Crippen molar-refractivity contribution in [1.82, 2.24) is 15.0 Å². The molecule has 0 saturated heterocycles. The monoisotopic (exact) mass is 299 g/mol. The Kier molecular flexibility index (Phi) is 3.96. The molecule has 5 nitrogen and oxygen atoms in total. The van der Waals surface area contributed by atoms with Crippen molar-refractivity contribution in [3.8, 4) is 0 Å². The van der Waals surface area contributed by atoms with Crippen LogP contribution in [0.4, 0.5) is 11.8 Å². The molecule has 21 heavy (non-hydrogen) atoms. The maximum absolute atomic E-state index is 4.51. The Morgan fingerprint density at radius 1 is 1.24 bits per heavy atom. The Morgan fingerprint density at radius 2 is 2.14 bits per heavy atom. The quantitative estimate of drug-likeness (QED) is 0.757. The fourth-order valence-corrected chi connectivity index (χ4v) is 2.99. The van der Waals surface area contributed by atoms with Crippen LogP contribution in [0.1, 0.15) is 18.2 Å². The Bertz CT molecular complexity index is 753. The minimum absolute atomic E-state index is 0.629. The fraction of sp³-hybridized carbons (Fsp3) is 0.267. The SMILES string of the molecule is CCc1cccnc1CNc1nc(NC)nc2sccc12. The number of nitrogens with zero attached hydrogens (tertiary/aromatic N) is 3. The molecule has 2 N–H and O–H groups in total. The van der Waals surface area contributed by atoms with Crippen LogP contribution in [0.15, 0.2) is 29.8 Å². The standard InChI is InChI=1S/C15H17N5S/c1-3-10-5-4-7-17-12(10)9-18-13-11-6-8-21-14(11)20-15(16-2)19-13/h4-8H,3,9H2,1-2H3,(H2,16,18,19,20). The second-order valence-corrected chi connectivity index (χ2v) is 5.50. The van der Waals surface area contributed by atoms with Gasteiger partial charge in [-0.1, -0.05) is 13.0 Å². The lowest BCUT2D eigenvalue weighted by molar-refractivity contribution is 0.965. The van der Waals surface area contributed by atoms with Crippen molar-refractivity contribution >= 4 is 33.3 Å². The Hall–Kier alpha value is -2.21. The number of aryl methyl sites for hydroxylation is 1. The summed E-state index contributed by atoms with van der Waals surface area (Å²) in [7, 11) is 1.83. The highest BCUT2D eigenvalue weighted by Crippen LogP contribution is 2.26. The van der Waals surface area contributed by atoms with E-state index in [2.05, 4.69) is 38.6 Å². The zero-order valence-corrected chi connectivity index (χ0v) is 12.9. The molecular weight excluding hydrogens is 282 g/mol. The van der Waals surface area contributed by atoms with Crippen molar-refractivity contribution in [3.63, 3.8) is 0 Å². The first-order valence-corrected chi connectivity index (χ1v) is 7.79. The number of anilines is 2. The predicted molar refractivity (Wildman–Crippen MR) is 87.9 cm³/mol. The molecule has 0 saturated carbocycles. The molecule has 3 heterocycles. The summed E-state index contributed by atoms with van der Waals surface area (Å²) in [4.78, 5) is 14.4. The molecular formula is C15H17N5S. The summed E-state index contributed by atoms with van der Waals surface area (Å²) in [5.41, 5.74) is 2.32. The van der Waals surface area contributed by atoms with Crippen LogP contribution in [0.25, 0.3) is 10.2 Å². The number of aromatic nitrogens is 3. The minimum Gasteiger partial charge on any atom is -0.364 e. The maximum atomic E-state index is 4.51. The van der Waals surface area contributed by atoms with Crippen LogP contribution in [-0.4, -0.2) is 22.0 Å². The van der Waals surface area contributed by atoms with Crippen molar-refractivity contribution in [3.05, 3.63) is 41.0 Å². The zero-order chi connectivity index (χ0) is 14.7. The molecule has 0 radical (unpaired) electrons. The van der Waals surface area contributed by atoms with Gasteiger partial charge in [0.05, 0.1) is 17.6 Å². The molecule has 0 atom stereocenters. The highest BCUT2D eigenvalue weighted by atomic mass is 32.1. The maximum Gasteiger partial charge on any atom is 0.225 e. The smallest absolute Gasteiger partial charge is 0.225 e. The Balaban J connectivity index is 1.89. The van der Waals surface area contributed by atoms with E-state index in [4.69, 9.17) is 0 Å². The van der Waals surface area contributed by atoms with Crippen LogP contribution < -0.4 is 10.6 Å². The molecule has 6 heteroatoms. The van der Waals surface area contributed by atoms with Crippen LogP contribution >= 0.6 is 11.3 Å². The summed E-state index contributed by atoms with van der Waals surface area (Å²) in [6.45, 7) is 2.80. The van der Waals surface area contributed by atoms with Gasteiger partial charge in [0.25, 0.3) is 0 Å². The summed E-state index contributed by atoms with van der Waals surface area (Å²) < 4.78 is 0. The second kappa shape index (κ2) is 6.05. The van der Waals surface area contributed by atoms with E-state index in [1.807, 2.05) is 30.8 Å². The van der Waals surface area contributed by atoms with Gasteiger partial charge in [-0.15, -0.1) is 11.3 Å². The van der Waals surface area contributed by atoms with Crippen LogP contribution in [0.3, 0.4) is 0 Å². The number of hydrogen-bond donors (Lipinski definition) is 2. The zero-order valence-electron chi connectivity index (χ0n) is 12.1. The third-order valence-corrected chi connectivity index (χ3v) is 4.14. The predicted octanol–water partition coefficient (Wildman–Crippen LogP) is 3.30. The lowest BCUT2D eigenvalue weighted by atomic mass is 10.1. The average molecular weight is 299 g/mol. The van der Waals surface area contributed by atoms with E-state index in [0.29, 0.717) is 12.5 Å². The van der Waals surface area contributed by atoms with E-state index in [9.17, 15) is 0 Å². The van der Waals surface area contributed by atoms with Gasteiger partial charge in [-0.2, -0.15) is 4.98 Å². The van der Waals surface area contributed by atoms with Gasteiger partial charge in [0, 0.05) is 13.2 Å². The normalized spacial score (nSPS) is 10.8. The molecule has 3 rings (SSSR count). The molecule has 0 aliphatic heterocycles. The Morgan fingerprint density at radius 3 is 2.95 bits per heavy atom. The van der Waals surface area contributed by atoms with E-state index in [1.165, 1.54) is 5.56 Å². The molecule has 108 valence electrons. The van der Waals surface area contributed by atoms with Crippen molar-refractivity contribution in [2.24, 2.45) is 0 Å². The van der Waals surface area contributed by atoms with Gasteiger partial charge >= 0.3 is 0 Å². The highest BCUT2D eigenvalue weighted by molar-refractivity contribution is 7.16. The number of rotatable bonds is 5. The highest BCUT2D eigenvalue weighted by Gasteiger charge is 2.09. The average Bonchev–Trinajstić information content (AvgIpc) is 3.01. The fourth-order valence-electron chi connectivity index (χ4n) is 2.22. The number of thiophene rings is 1. The number of fused-ring (bicyclic) bond motifs is 1. The molecule has 0 bridgehead atoms. The molecule has 0 aromatic carbocycles. The second-order valence-electron chi connectivity index (χ2n) is 4.60. The van der Waals surface area contributed by atoms with Crippen molar-refractivity contribution < 1.29 is 0 Å². The van der Waals surface area contributed by atoms with Gasteiger partial charge in [-0.05, 0) is 29.5 Å². The van der Waals surface area contributed by atoms with Gasteiger partial charge in [-0.25, -0.2) is 4.98 Å². The molecule has 0 spiro atoms. The molecule has 0 unspecified atom stereocenters. The van der Waals surface area contributed by atoms with Crippen LogP contribution in [-0.2, 0) is 13.0 Å². The van der Waals surface area contributed by atoms with E-state index in [-0.39, 0.29) is 0 Å². The van der Waals surface area contributed by atoms with E-state index >= 15 is 0 Å². The van der Waals surface area contributed by atoms with E-state index < -0.39 is 0 Å². The molecule has 3 aromatic rings. The summed E-state index contributed by atoms with van der Waals surface area (Å²) in [6.07, 6.45) is 2.81. The van der Waals surface area contributed by atoms with E-state index in [1.54, 1.807) is 11.3 Å². The first-order chi connectivity index (χ1) is 10.3. The first kappa shape index (κ1) is 13.8. The number of pyridine rings is 1. The molecule has 0 fully saturated rings. The van der Waals surface area contributed by atoms with Crippen LogP contribution in [0.5, 0.6) is 0 Å². The summed E-state index contributed by atoms with van der Waals surface area (Å²) >= 11 is 1.61. The largest absolute Gasteiger partial charge is 0.364 e. The van der Waals surface area contributed by atoms with Crippen LogP contribution in [0.2, 0.25) is 0 Å². The topological polar surface area (TPSA) is 62.7 Å². The third kappa shape index (κ3) is 2.80. The first-order valence-electron chi connectivity index (χ1n) is 6.91. The number of nitrogens with one attached hydrogen (secondary N) is 2. The Labute approximate surface area is 127 Å². The summed E-state index contributed by atoms with van der Waals surface area (Å²) in [5, 5.41) is 9.47. The number of hydrogen-bond acceptors (Lipinski definition) is 6. The van der Waals surface area contributed by atoms with Gasteiger partial charge in [0.2, 0.25) is 5.95 Å². The van der Waals surface area contributed by atoms with Crippen LogP contribution in [0, 0.1) is 0 Å². The molecule has 0 amide bonds. The van der Waals surface area contributed by atoms with Gasteiger partial charge in [0.15, 0.2) is 0 Å². The molecule has 0 aliphatic rings. The minimum atomic E-state index is 0.629. The summed E-state index contributed by atoms with van der Waals surface area (Å²) in [5.74, 6) is 1.47. The third-order valence-electron chi connectivity index (χ3n) is 3.34. The summed E-state index contributed by atoms with van der Waals surface area (Å²) in [6, 6.07) is 6.13. The van der Waals surface area contributed by atoms with Crippen molar-refractivity contribution in [2.75, 3.05) is 17.7 Å². The molecule has 3 aromatic heterocycles. The van der Waals surface area contributed by atoms with Crippen molar-refractivity contribution in [2.45, 2.75) is 19.9 Å². The lowest BCUT2D eigenvalue weighted by Gasteiger charge is -2.10. The van der Waals surface area contributed by atoms with E-state index in [0.717, 1.165) is 28.1 Å². The lowest BCUT2D eigenvalue weighted by Crippen LogP contribution is -2.07. The van der Waals surface area contributed by atoms with Gasteiger partial charge in [-0.3, -0.25) is 4.98 Å². The van der Waals surface area contributed by atoms with Gasteiger partial charge in [0.1, 0.15) is 10.6 Å². The van der Waals surface area contributed by atoms with Gasteiger partial charge < -0.3 is 10.6 Å². The van der Waals surface area contributed by atoms with Crippen molar-refractivity contribution in [1.29, 1.82) is 0 Å².